The predicted octanol–water partition coefficient (Wildman–Crippen LogP) is 2.23. The summed E-state index contributed by atoms with van der Waals surface area (Å²) in [7, 11) is -3.69. The summed E-state index contributed by atoms with van der Waals surface area (Å²) in [4.78, 5) is 20.0. The van der Waals surface area contributed by atoms with Crippen LogP contribution in [0.15, 0.2) is 34.8 Å². The Hall–Kier alpha value is -1.55. The van der Waals surface area contributed by atoms with Crippen LogP contribution in [-0.2, 0) is 14.8 Å². The highest BCUT2D eigenvalue weighted by atomic mass is 35.5. The molecule has 0 unspecified atom stereocenters. The average Bonchev–Trinajstić information content (AvgIpc) is 3.08. The molecule has 0 spiro atoms. The molecule has 0 bridgehead atoms. The summed E-state index contributed by atoms with van der Waals surface area (Å²) < 4.78 is 26.6. The minimum atomic E-state index is -3.69. The minimum absolute atomic E-state index is 0.00245. The van der Waals surface area contributed by atoms with Crippen LogP contribution in [0.1, 0.15) is 12.8 Å². The molecule has 1 aliphatic heterocycles. The zero-order valence-electron chi connectivity index (χ0n) is 12.6. The van der Waals surface area contributed by atoms with Crippen molar-refractivity contribution in [1.82, 2.24) is 14.3 Å². The van der Waals surface area contributed by atoms with Crippen LogP contribution in [0.25, 0.3) is 0 Å². The normalized spacial score (nSPS) is 16.9. The van der Waals surface area contributed by atoms with Crippen molar-refractivity contribution in [3.8, 4) is 0 Å². The smallest absolute Gasteiger partial charge is 0.246 e. The van der Waals surface area contributed by atoms with E-state index in [-0.39, 0.29) is 35.0 Å². The largest absolute Gasteiger partial charge is 0.302 e. The van der Waals surface area contributed by atoms with E-state index in [0.717, 1.165) is 0 Å². The van der Waals surface area contributed by atoms with Crippen LogP contribution >= 0.6 is 22.9 Å². The van der Waals surface area contributed by atoms with Gasteiger partial charge in [-0.25, -0.2) is 18.4 Å². The van der Waals surface area contributed by atoms with Crippen LogP contribution in [-0.4, -0.2) is 41.7 Å². The van der Waals surface area contributed by atoms with E-state index < -0.39 is 10.0 Å². The van der Waals surface area contributed by atoms with Crippen molar-refractivity contribution in [2.75, 3.05) is 18.4 Å². The molecular formula is C14H15ClN4O3S2. The molecule has 3 heterocycles. The van der Waals surface area contributed by atoms with Crippen molar-refractivity contribution in [2.45, 2.75) is 17.7 Å². The zero-order chi connectivity index (χ0) is 17.2. The third kappa shape index (κ3) is 3.59. The first-order chi connectivity index (χ1) is 11.5. The van der Waals surface area contributed by atoms with Gasteiger partial charge in [0.15, 0.2) is 5.13 Å². The van der Waals surface area contributed by atoms with Crippen molar-refractivity contribution in [3.63, 3.8) is 0 Å². The number of halogens is 1. The van der Waals surface area contributed by atoms with Crippen LogP contribution < -0.4 is 5.32 Å². The van der Waals surface area contributed by atoms with Crippen molar-refractivity contribution in [1.29, 1.82) is 0 Å². The summed E-state index contributed by atoms with van der Waals surface area (Å²) in [5, 5.41) is 5.05. The van der Waals surface area contributed by atoms with Gasteiger partial charge in [-0.2, -0.15) is 4.31 Å². The molecule has 2 aromatic heterocycles. The fraction of sp³-hybridized carbons (Fsp3) is 0.357. The lowest BCUT2D eigenvalue weighted by Gasteiger charge is -2.30. The zero-order valence-corrected chi connectivity index (χ0v) is 14.9. The minimum Gasteiger partial charge on any atom is -0.302 e. The Kier molecular flexibility index (Phi) is 5.14. The number of aromatic nitrogens is 2. The Balaban J connectivity index is 1.64. The number of sulfonamides is 1. The van der Waals surface area contributed by atoms with Crippen molar-refractivity contribution >= 4 is 44.0 Å². The van der Waals surface area contributed by atoms with Gasteiger partial charge >= 0.3 is 0 Å². The first-order valence-electron chi connectivity index (χ1n) is 7.29. The number of hydrogen-bond acceptors (Lipinski definition) is 6. The molecule has 1 N–H and O–H groups in total. The second-order valence-corrected chi connectivity index (χ2v) is 8.46. The van der Waals surface area contributed by atoms with E-state index in [1.54, 1.807) is 11.6 Å². The molecule has 10 heteroatoms. The third-order valence-electron chi connectivity index (χ3n) is 3.83. The van der Waals surface area contributed by atoms with Crippen LogP contribution in [0.2, 0.25) is 5.15 Å². The van der Waals surface area contributed by atoms with Gasteiger partial charge in [0.05, 0.1) is 0 Å². The van der Waals surface area contributed by atoms with Crippen molar-refractivity contribution < 1.29 is 13.2 Å². The number of rotatable bonds is 4. The molecule has 2 aromatic rings. The number of carbonyl (C=O) groups is 1. The first-order valence-corrected chi connectivity index (χ1v) is 9.99. The number of thiazole rings is 1. The lowest BCUT2D eigenvalue weighted by atomic mass is 9.97. The first kappa shape index (κ1) is 17.3. The SMILES string of the molecule is O=C(Nc1nccs1)C1CCN(S(=O)(=O)c2cccnc2Cl)CC1. The molecule has 24 heavy (non-hydrogen) atoms. The summed E-state index contributed by atoms with van der Waals surface area (Å²) in [6.07, 6.45) is 3.96. The van der Waals surface area contributed by atoms with Crippen molar-refractivity contribution in [2.24, 2.45) is 5.92 Å². The summed E-state index contributed by atoms with van der Waals surface area (Å²) in [6, 6.07) is 2.97. The number of hydrogen-bond donors (Lipinski definition) is 1. The van der Waals surface area contributed by atoms with Gasteiger partial charge in [0, 0.05) is 36.8 Å². The van der Waals surface area contributed by atoms with Gasteiger partial charge in [-0.3, -0.25) is 4.79 Å². The molecular weight excluding hydrogens is 372 g/mol. The summed E-state index contributed by atoms with van der Waals surface area (Å²) in [6.45, 7) is 0.535. The predicted molar refractivity (Wildman–Crippen MR) is 91.5 cm³/mol. The number of amides is 1. The van der Waals surface area contributed by atoms with Gasteiger partial charge in [-0.1, -0.05) is 11.6 Å². The summed E-state index contributed by atoms with van der Waals surface area (Å²) >= 11 is 7.25. The highest BCUT2D eigenvalue weighted by molar-refractivity contribution is 7.89. The third-order valence-corrected chi connectivity index (χ3v) is 6.86. The second kappa shape index (κ2) is 7.14. The molecule has 0 aromatic carbocycles. The molecule has 1 amide bonds. The molecule has 3 rings (SSSR count). The Morgan fingerprint density at radius 1 is 1.29 bits per heavy atom. The van der Waals surface area contributed by atoms with Crippen molar-refractivity contribution in [3.05, 3.63) is 35.1 Å². The quantitative estimate of drug-likeness (QED) is 0.813. The molecule has 0 saturated carbocycles. The highest BCUT2D eigenvalue weighted by Gasteiger charge is 2.33. The maximum Gasteiger partial charge on any atom is 0.246 e. The number of pyridine rings is 1. The van der Waals surface area contributed by atoms with Crippen LogP contribution in [0, 0.1) is 5.92 Å². The van der Waals surface area contributed by atoms with E-state index >= 15 is 0 Å². The molecule has 1 aliphatic rings. The molecule has 1 fully saturated rings. The van der Waals surface area contributed by atoms with Gasteiger partial charge < -0.3 is 5.32 Å². The van der Waals surface area contributed by atoms with E-state index in [1.807, 2.05) is 0 Å². The van der Waals surface area contributed by atoms with Gasteiger partial charge in [0.1, 0.15) is 10.0 Å². The maximum atomic E-state index is 12.6. The van der Waals surface area contributed by atoms with Gasteiger partial charge in [0.25, 0.3) is 0 Å². The molecule has 0 radical (unpaired) electrons. The van der Waals surface area contributed by atoms with Crippen LogP contribution in [0.4, 0.5) is 5.13 Å². The van der Waals surface area contributed by atoms with Gasteiger partial charge in [0.2, 0.25) is 15.9 Å². The fourth-order valence-electron chi connectivity index (χ4n) is 2.55. The van der Waals surface area contributed by atoms with Crippen LogP contribution in [0.3, 0.4) is 0 Å². The highest BCUT2D eigenvalue weighted by Crippen LogP contribution is 2.27. The summed E-state index contributed by atoms with van der Waals surface area (Å²) in [5.41, 5.74) is 0. The topological polar surface area (TPSA) is 92.3 Å². The average molecular weight is 387 g/mol. The number of carbonyl (C=O) groups excluding carboxylic acids is 1. The number of nitrogens with one attached hydrogen (secondary N) is 1. The Labute approximate surface area is 148 Å². The number of nitrogens with zero attached hydrogens (tertiary/aromatic N) is 3. The van der Waals surface area contributed by atoms with E-state index in [1.165, 1.54) is 34.0 Å². The van der Waals surface area contributed by atoms with E-state index in [9.17, 15) is 13.2 Å². The molecule has 0 aliphatic carbocycles. The molecule has 0 atom stereocenters. The number of piperidine rings is 1. The number of anilines is 1. The Morgan fingerprint density at radius 2 is 2.04 bits per heavy atom. The lowest BCUT2D eigenvalue weighted by molar-refractivity contribution is -0.120. The standard InChI is InChI=1S/C14H15ClN4O3S2/c15-12-11(2-1-5-16-12)24(21,22)19-7-3-10(4-8-19)13(20)18-14-17-6-9-23-14/h1-2,5-6,9-10H,3-4,7-8H2,(H,17,18,20). The van der Waals surface area contributed by atoms with Gasteiger partial charge in [-0.15, -0.1) is 11.3 Å². The van der Waals surface area contributed by atoms with Crippen LogP contribution in [0.5, 0.6) is 0 Å². The maximum absolute atomic E-state index is 12.6. The monoisotopic (exact) mass is 386 g/mol. The van der Waals surface area contributed by atoms with E-state index in [2.05, 4.69) is 15.3 Å². The molecule has 1 saturated heterocycles. The second-order valence-electron chi connectivity index (χ2n) is 5.30. The van der Waals surface area contributed by atoms with Gasteiger partial charge in [-0.05, 0) is 25.0 Å². The van der Waals surface area contributed by atoms with E-state index in [0.29, 0.717) is 18.0 Å². The fourth-order valence-corrected chi connectivity index (χ4v) is 4.98. The lowest BCUT2D eigenvalue weighted by Crippen LogP contribution is -2.41. The Bertz CT molecular complexity index is 818. The molecule has 128 valence electrons. The molecule has 7 nitrogen and oxygen atoms in total. The summed E-state index contributed by atoms with van der Waals surface area (Å²) in [5.74, 6) is -0.355. The Morgan fingerprint density at radius 3 is 2.67 bits per heavy atom. The van der Waals surface area contributed by atoms with E-state index in [4.69, 9.17) is 11.6 Å².